The van der Waals surface area contributed by atoms with E-state index in [0.717, 1.165) is 12.8 Å². The lowest BCUT2D eigenvalue weighted by Crippen LogP contribution is -2.41. The molecule has 0 bridgehead atoms. The summed E-state index contributed by atoms with van der Waals surface area (Å²) >= 11 is 0. The van der Waals surface area contributed by atoms with Gasteiger partial charge in [-0.2, -0.15) is 0 Å². The number of aliphatic hydroxyl groups excluding tert-OH is 1. The van der Waals surface area contributed by atoms with Gasteiger partial charge in [-0.1, -0.05) is 13.8 Å². The number of aliphatic hydroxyl groups is 1. The third kappa shape index (κ3) is 3.77. The number of nitrogens with zero attached hydrogens (tertiary/aromatic N) is 5. The Hall–Kier alpha value is -3.99. The van der Waals surface area contributed by atoms with Crippen LogP contribution in [0.25, 0.3) is 5.69 Å². The van der Waals surface area contributed by atoms with Gasteiger partial charge >= 0.3 is 0 Å². The zero-order valence-electron chi connectivity index (χ0n) is 19.8. The molecule has 1 aliphatic carbocycles. The molecule has 0 saturated heterocycles. The second kappa shape index (κ2) is 8.05. The first-order chi connectivity index (χ1) is 16.6. The summed E-state index contributed by atoms with van der Waals surface area (Å²) in [6.07, 6.45) is 4.76. The highest BCUT2D eigenvalue weighted by molar-refractivity contribution is 6.06. The molecule has 3 aromatic heterocycles. The van der Waals surface area contributed by atoms with E-state index in [1.807, 2.05) is 6.07 Å². The molecule has 11 nitrogen and oxygen atoms in total. The molecule has 0 radical (unpaired) electrons. The number of carbonyl (C=O) groups is 3. The molecule has 5 rings (SSSR count). The van der Waals surface area contributed by atoms with Crippen LogP contribution in [0, 0.1) is 5.41 Å². The summed E-state index contributed by atoms with van der Waals surface area (Å²) < 4.78 is 3.45. The van der Waals surface area contributed by atoms with Crippen molar-refractivity contribution in [3.63, 3.8) is 0 Å². The summed E-state index contributed by atoms with van der Waals surface area (Å²) in [4.78, 5) is 42.9. The van der Waals surface area contributed by atoms with Gasteiger partial charge in [0.15, 0.2) is 5.82 Å². The number of anilines is 2. The Bertz CT molecular complexity index is 1380. The van der Waals surface area contributed by atoms with E-state index < -0.39 is 18.4 Å². The number of amides is 3. The van der Waals surface area contributed by atoms with Crippen molar-refractivity contribution in [1.29, 1.82) is 0 Å². The smallest absolute Gasteiger partial charge is 0.276 e. The van der Waals surface area contributed by atoms with Gasteiger partial charge in [0.2, 0.25) is 5.91 Å². The minimum absolute atomic E-state index is 0.0107. The highest BCUT2D eigenvalue weighted by Gasteiger charge is 2.37. The second-order valence-electron chi connectivity index (χ2n) is 9.80. The van der Waals surface area contributed by atoms with Gasteiger partial charge in [0, 0.05) is 43.7 Å². The van der Waals surface area contributed by atoms with Crippen molar-refractivity contribution in [1.82, 2.24) is 19.3 Å². The maximum Gasteiger partial charge on any atom is 0.276 e. The van der Waals surface area contributed by atoms with Crippen molar-refractivity contribution in [3.05, 3.63) is 52.6 Å². The minimum atomic E-state index is -0.761. The third-order valence-electron chi connectivity index (χ3n) is 6.57. The third-order valence-corrected chi connectivity index (χ3v) is 6.57. The molecule has 0 unspecified atom stereocenters. The van der Waals surface area contributed by atoms with Crippen LogP contribution in [0.3, 0.4) is 0 Å². The Balaban J connectivity index is 1.54. The maximum atomic E-state index is 13.5. The van der Waals surface area contributed by atoms with Crippen LogP contribution >= 0.6 is 0 Å². The first-order valence-electron chi connectivity index (χ1n) is 11.4. The molecule has 0 aromatic carbocycles. The molecule has 3 aromatic rings. The van der Waals surface area contributed by atoms with E-state index in [2.05, 4.69) is 33.8 Å². The van der Waals surface area contributed by atoms with Gasteiger partial charge in [-0.15, -0.1) is 5.10 Å². The van der Waals surface area contributed by atoms with Crippen LogP contribution in [0.1, 0.15) is 58.4 Å². The van der Waals surface area contributed by atoms with E-state index in [-0.39, 0.29) is 22.7 Å². The molecule has 182 valence electrons. The molecule has 0 spiro atoms. The fourth-order valence-corrected chi connectivity index (χ4v) is 5.12. The summed E-state index contributed by atoms with van der Waals surface area (Å²) in [5.74, 6) is -1.02. The second-order valence-corrected chi connectivity index (χ2v) is 9.80. The van der Waals surface area contributed by atoms with Crippen LogP contribution in [0.2, 0.25) is 0 Å². The first kappa shape index (κ1) is 22.8. The zero-order chi connectivity index (χ0) is 25.1. The SMILES string of the molecule is CC(=O)Nc1nn(-c2ccnc(N3CCn4c(cc5c4CC(C)(C)C5)C3=O)c2CO)cc1C(N)=O. The molecule has 0 fully saturated rings. The largest absolute Gasteiger partial charge is 0.391 e. The fourth-order valence-electron chi connectivity index (χ4n) is 5.12. The molecule has 3 amide bonds. The van der Waals surface area contributed by atoms with Crippen LogP contribution in [0.15, 0.2) is 24.5 Å². The van der Waals surface area contributed by atoms with Crippen molar-refractivity contribution < 1.29 is 19.5 Å². The molecular weight excluding hydrogens is 450 g/mol. The number of aromatic nitrogens is 4. The van der Waals surface area contributed by atoms with Crippen LogP contribution in [0.4, 0.5) is 11.6 Å². The van der Waals surface area contributed by atoms with Gasteiger partial charge in [0.1, 0.15) is 17.1 Å². The zero-order valence-corrected chi connectivity index (χ0v) is 19.8. The normalized spacial score (nSPS) is 16.2. The topological polar surface area (TPSA) is 148 Å². The summed E-state index contributed by atoms with van der Waals surface area (Å²) in [7, 11) is 0. The Morgan fingerprint density at radius 3 is 2.71 bits per heavy atom. The average molecular weight is 478 g/mol. The number of hydrogen-bond acceptors (Lipinski definition) is 6. The standard InChI is InChI=1S/C24H27N7O4/c1-13(33)27-21-15(20(25)34)11-31(28-21)17-4-5-26-22(16(17)12-32)30-7-6-29-18(23(30)35)8-14-9-24(2,3)10-19(14)29/h4-5,8,11,32H,6-7,9-10,12H2,1-3H3,(H2,25,34)(H,27,28,33). The van der Waals surface area contributed by atoms with E-state index in [0.29, 0.717) is 35.9 Å². The van der Waals surface area contributed by atoms with Crippen LogP contribution < -0.4 is 16.0 Å². The lowest BCUT2D eigenvalue weighted by Gasteiger charge is -2.30. The number of hydrogen-bond donors (Lipinski definition) is 3. The monoisotopic (exact) mass is 477 g/mol. The molecule has 2 aliphatic rings. The molecule has 11 heteroatoms. The highest BCUT2D eigenvalue weighted by atomic mass is 16.3. The Labute approximate surface area is 201 Å². The molecule has 4 N–H and O–H groups in total. The summed E-state index contributed by atoms with van der Waals surface area (Å²) in [5, 5.41) is 17.0. The maximum absolute atomic E-state index is 13.5. The van der Waals surface area contributed by atoms with Gasteiger partial charge < -0.3 is 20.7 Å². The van der Waals surface area contributed by atoms with Crippen molar-refractivity contribution >= 4 is 29.4 Å². The quantitative estimate of drug-likeness (QED) is 0.506. The highest BCUT2D eigenvalue weighted by Crippen LogP contribution is 2.39. The predicted octanol–water partition coefficient (Wildman–Crippen LogP) is 1.40. The lowest BCUT2D eigenvalue weighted by atomic mass is 9.90. The van der Waals surface area contributed by atoms with Crippen molar-refractivity contribution in [2.45, 2.75) is 46.8 Å². The minimum Gasteiger partial charge on any atom is -0.391 e. The molecule has 4 heterocycles. The number of nitrogens with two attached hydrogens (primary N) is 1. The fraction of sp³-hybridized carbons (Fsp3) is 0.375. The van der Waals surface area contributed by atoms with E-state index in [1.165, 1.54) is 35.3 Å². The lowest BCUT2D eigenvalue weighted by molar-refractivity contribution is -0.114. The van der Waals surface area contributed by atoms with Crippen molar-refractivity contribution in [2.75, 3.05) is 16.8 Å². The number of nitrogens with one attached hydrogen (secondary N) is 1. The Morgan fingerprint density at radius 2 is 2.03 bits per heavy atom. The summed E-state index contributed by atoms with van der Waals surface area (Å²) in [6, 6.07) is 3.59. The van der Waals surface area contributed by atoms with Gasteiger partial charge in [0.05, 0.1) is 12.3 Å². The van der Waals surface area contributed by atoms with Gasteiger partial charge in [0.25, 0.3) is 11.8 Å². The van der Waals surface area contributed by atoms with Crippen LogP contribution in [-0.4, -0.2) is 48.7 Å². The van der Waals surface area contributed by atoms with E-state index in [9.17, 15) is 19.5 Å². The molecule has 0 saturated carbocycles. The van der Waals surface area contributed by atoms with E-state index >= 15 is 0 Å². The number of fused-ring (bicyclic) bond motifs is 3. The van der Waals surface area contributed by atoms with Crippen molar-refractivity contribution in [3.8, 4) is 5.69 Å². The van der Waals surface area contributed by atoms with E-state index in [1.54, 1.807) is 11.0 Å². The van der Waals surface area contributed by atoms with Crippen molar-refractivity contribution in [2.24, 2.45) is 11.1 Å². The number of primary amides is 1. The predicted molar refractivity (Wildman–Crippen MR) is 127 cm³/mol. The van der Waals surface area contributed by atoms with Crippen LogP contribution in [-0.2, 0) is 30.8 Å². The average Bonchev–Trinajstić information content (AvgIpc) is 3.43. The number of rotatable bonds is 5. The Morgan fingerprint density at radius 1 is 1.26 bits per heavy atom. The van der Waals surface area contributed by atoms with Gasteiger partial charge in [-0.3, -0.25) is 19.3 Å². The summed E-state index contributed by atoms with van der Waals surface area (Å²) in [5.41, 5.74) is 9.49. The molecule has 1 aliphatic heterocycles. The molecule has 0 atom stereocenters. The summed E-state index contributed by atoms with van der Waals surface area (Å²) in [6.45, 7) is 6.37. The first-order valence-corrected chi connectivity index (χ1v) is 11.4. The van der Waals surface area contributed by atoms with Crippen LogP contribution in [0.5, 0.6) is 0 Å². The number of carbonyl (C=O) groups excluding carboxylic acids is 3. The van der Waals surface area contributed by atoms with Gasteiger partial charge in [-0.05, 0) is 36.0 Å². The Kier molecular flexibility index (Phi) is 5.24. The number of pyridine rings is 1. The van der Waals surface area contributed by atoms with Gasteiger partial charge in [-0.25, -0.2) is 9.67 Å². The molecular formula is C24H27N7O4. The molecule has 35 heavy (non-hydrogen) atoms. The van der Waals surface area contributed by atoms with E-state index in [4.69, 9.17) is 5.73 Å².